The molecule has 5 nitrogen and oxygen atoms in total. The molecule has 1 N–H and O–H groups in total. The zero-order valence-corrected chi connectivity index (χ0v) is 9.43. The van der Waals surface area contributed by atoms with Crippen LogP contribution in [0.2, 0.25) is 0 Å². The second-order valence-corrected chi connectivity index (χ2v) is 3.76. The average Bonchev–Trinajstić information content (AvgIpc) is 2.90. The van der Waals surface area contributed by atoms with Gasteiger partial charge in [-0.25, -0.2) is 0 Å². The van der Waals surface area contributed by atoms with E-state index >= 15 is 0 Å². The van der Waals surface area contributed by atoms with Crippen LogP contribution in [0.25, 0.3) is 17.1 Å². The Kier molecular flexibility index (Phi) is 2.49. The molecular weight excluding hydrogens is 228 g/mol. The third-order valence-electron chi connectivity index (χ3n) is 2.54. The first-order valence-electron chi connectivity index (χ1n) is 5.48. The lowest BCUT2D eigenvalue weighted by Gasteiger charge is -2.00. The Balaban J connectivity index is 2.03. The van der Waals surface area contributed by atoms with Gasteiger partial charge in [0.15, 0.2) is 0 Å². The van der Waals surface area contributed by atoms with Crippen LogP contribution in [0.5, 0.6) is 5.75 Å². The third-order valence-corrected chi connectivity index (χ3v) is 2.54. The second-order valence-electron chi connectivity index (χ2n) is 3.76. The summed E-state index contributed by atoms with van der Waals surface area (Å²) in [6, 6.07) is 16.4. The number of aromatic hydroxyl groups is 1. The lowest BCUT2D eigenvalue weighted by atomic mass is 10.2. The SMILES string of the molecule is Oc1ccccc1-n1nnc(-c2ccccc2)n1. The summed E-state index contributed by atoms with van der Waals surface area (Å²) in [6.45, 7) is 0. The molecule has 0 fully saturated rings. The van der Waals surface area contributed by atoms with Gasteiger partial charge in [-0.2, -0.15) is 0 Å². The summed E-state index contributed by atoms with van der Waals surface area (Å²) in [5.41, 5.74) is 1.39. The van der Waals surface area contributed by atoms with E-state index in [9.17, 15) is 5.11 Å². The minimum absolute atomic E-state index is 0.120. The predicted molar refractivity (Wildman–Crippen MR) is 66.3 cm³/mol. The first-order chi connectivity index (χ1) is 8.84. The van der Waals surface area contributed by atoms with E-state index in [1.807, 2.05) is 30.3 Å². The lowest BCUT2D eigenvalue weighted by molar-refractivity contribution is 0.466. The Morgan fingerprint density at radius 2 is 1.61 bits per heavy atom. The summed E-state index contributed by atoms with van der Waals surface area (Å²) in [7, 11) is 0. The third kappa shape index (κ3) is 1.82. The van der Waals surface area contributed by atoms with Gasteiger partial charge in [-0.15, -0.1) is 15.0 Å². The summed E-state index contributed by atoms with van der Waals surface area (Å²) in [5.74, 6) is 0.647. The number of tetrazole rings is 1. The fourth-order valence-corrected chi connectivity index (χ4v) is 1.65. The van der Waals surface area contributed by atoms with Crippen LogP contribution < -0.4 is 0 Å². The standard InChI is InChI=1S/C13H10N4O/c18-12-9-5-4-8-11(12)17-15-13(14-16-17)10-6-2-1-3-7-10/h1-9,18H. The second kappa shape index (κ2) is 4.29. The molecule has 0 aliphatic heterocycles. The number of phenols is 1. The van der Waals surface area contributed by atoms with Gasteiger partial charge in [-0.1, -0.05) is 42.5 Å². The van der Waals surface area contributed by atoms with Crippen LogP contribution >= 0.6 is 0 Å². The smallest absolute Gasteiger partial charge is 0.205 e. The van der Waals surface area contributed by atoms with Crippen molar-refractivity contribution in [1.29, 1.82) is 0 Å². The van der Waals surface area contributed by atoms with Crippen molar-refractivity contribution in [2.45, 2.75) is 0 Å². The van der Waals surface area contributed by atoms with Crippen molar-refractivity contribution in [1.82, 2.24) is 20.2 Å². The van der Waals surface area contributed by atoms with Crippen molar-refractivity contribution in [3.05, 3.63) is 54.6 Å². The minimum atomic E-state index is 0.120. The van der Waals surface area contributed by atoms with Gasteiger partial charge in [-0.3, -0.25) is 0 Å². The number of hydrogen-bond acceptors (Lipinski definition) is 4. The number of phenolic OH excluding ortho intramolecular Hbond substituents is 1. The molecular formula is C13H10N4O. The molecule has 0 aliphatic carbocycles. The van der Waals surface area contributed by atoms with Crippen LogP contribution in [0.1, 0.15) is 0 Å². The maximum absolute atomic E-state index is 9.72. The number of benzene rings is 2. The van der Waals surface area contributed by atoms with Gasteiger partial charge in [0.25, 0.3) is 0 Å². The lowest BCUT2D eigenvalue weighted by Crippen LogP contribution is -1.99. The van der Waals surface area contributed by atoms with Crippen LogP contribution in [0.4, 0.5) is 0 Å². The van der Waals surface area contributed by atoms with E-state index in [1.165, 1.54) is 4.80 Å². The van der Waals surface area contributed by atoms with E-state index in [1.54, 1.807) is 24.3 Å². The molecule has 0 saturated carbocycles. The van der Waals surface area contributed by atoms with Gasteiger partial charge in [0.2, 0.25) is 5.82 Å². The van der Waals surface area contributed by atoms with E-state index in [2.05, 4.69) is 15.4 Å². The van der Waals surface area contributed by atoms with Gasteiger partial charge in [0, 0.05) is 5.56 Å². The zero-order valence-electron chi connectivity index (χ0n) is 9.43. The molecule has 0 bridgehead atoms. The van der Waals surface area contributed by atoms with Crippen molar-refractivity contribution >= 4 is 0 Å². The molecule has 18 heavy (non-hydrogen) atoms. The Labute approximate surface area is 103 Å². The van der Waals surface area contributed by atoms with E-state index in [0.717, 1.165) is 5.56 Å². The highest BCUT2D eigenvalue weighted by Gasteiger charge is 2.09. The number of hydrogen-bond donors (Lipinski definition) is 1. The van der Waals surface area contributed by atoms with Crippen molar-refractivity contribution in [2.75, 3.05) is 0 Å². The molecule has 0 saturated heterocycles. The molecule has 0 radical (unpaired) electrons. The fraction of sp³-hybridized carbons (Fsp3) is 0. The van der Waals surface area contributed by atoms with Crippen LogP contribution in [-0.4, -0.2) is 25.3 Å². The minimum Gasteiger partial charge on any atom is -0.506 e. The van der Waals surface area contributed by atoms with Crippen molar-refractivity contribution in [3.63, 3.8) is 0 Å². The molecule has 88 valence electrons. The molecule has 0 aliphatic rings. The zero-order chi connectivity index (χ0) is 12.4. The molecule has 1 heterocycles. The van der Waals surface area contributed by atoms with E-state index in [4.69, 9.17) is 0 Å². The first kappa shape index (κ1) is 10.5. The van der Waals surface area contributed by atoms with E-state index < -0.39 is 0 Å². The normalized spacial score (nSPS) is 10.4. The first-order valence-corrected chi connectivity index (χ1v) is 5.48. The molecule has 0 unspecified atom stereocenters. The molecule has 0 spiro atoms. The quantitative estimate of drug-likeness (QED) is 0.742. The van der Waals surface area contributed by atoms with Crippen LogP contribution in [-0.2, 0) is 0 Å². The molecule has 0 atom stereocenters. The molecule has 3 aromatic rings. The van der Waals surface area contributed by atoms with Crippen LogP contribution in [0.3, 0.4) is 0 Å². The number of para-hydroxylation sites is 2. The van der Waals surface area contributed by atoms with E-state index in [0.29, 0.717) is 11.5 Å². The number of aromatic nitrogens is 4. The van der Waals surface area contributed by atoms with Gasteiger partial charge < -0.3 is 5.11 Å². The molecule has 2 aromatic carbocycles. The Morgan fingerprint density at radius 3 is 2.39 bits per heavy atom. The summed E-state index contributed by atoms with van der Waals surface area (Å²) < 4.78 is 0. The van der Waals surface area contributed by atoms with Crippen LogP contribution in [0, 0.1) is 0 Å². The van der Waals surface area contributed by atoms with Gasteiger partial charge in [-0.05, 0) is 17.3 Å². The topological polar surface area (TPSA) is 63.8 Å². The summed E-state index contributed by atoms with van der Waals surface area (Å²) >= 11 is 0. The van der Waals surface area contributed by atoms with Gasteiger partial charge >= 0.3 is 0 Å². The Hall–Kier alpha value is -2.69. The van der Waals surface area contributed by atoms with Gasteiger partial charge in [0.05, 0.1) is 0 Å². The summed E-state index contributed by atoms with van der Waals surface area (Å²) in [5, 5.41) is 21.9. The highest BCUT2D eigenvalue weighted by molar-refractivity contribution is 5.53. The number of rotatable bonds is 2. The van der Waals surface area contributed by atoms with Crippen molar-refractivity contribution in [3.8, 4) is 22.8 Å². The van der Waals surface area contributed by atoms with Crippen molar-refractivity contribution in [2.24, 2.45) is 0 Å². The maximum atomic E-state index is 9.72. The van der Waals surface area contributed by atoms with Crippen molar-refractivity contribution < 1.29 is 5.11 Å². The molecule has 1 aromatic heterocycles. The van der Waals surface area contributed by atoms with Gasteiger partial charge in [0.1, 0.15) is 11.4 Å². The number of nitrogens with zero attached hydrogens (tertiary/aromatic N) is 4. The average molecular weight is 238 g/mol. The monoisotopic (exact) mass is 238 g/mol. The maximum Gasteiger partial charge on any atom is 0.205 e. The molecule has 0 amide bonds. The molecule has 5 heteroatoms. The Morgan fingerprint density at radius 1 is 0.889 bits per heavy atom. The summed E-state index contributed by atoms with van der Waals surface area (Å²) in [6.07, 6.45) is 0. The highest BCUT2D eigenvalue weighted by Crippen LogP contribution is 2.20. The largest absolute Gasteiger partial charge is 0.506 e. The fourth-order valence-electron chi connectivity index (χ4n) is 1.65. The summed E-state index contributed by atoms with van der Waals surface area (Å²) in [4.78, 5) is 1.32. The van der Waals surface area contributed by atoms with Crippen LogP contribution in [0.15, 0.2) is 54.6 Å². The highest BCUT2D eigenvalue weighted by atomic mass is 16.3. The predicted octanol–water partition coefficient (Wildman–Crippen LogP) is 2.03. The Bertz CT molecular complexity index is 664. The van der Waals surface area contributed by atoms with E-state index in [-0.39, 0.29) is 5.75 Å². The molecule has 3 rings (SSSR count).